The molecule has 5 rings (SSSR count). The van der Waals surface area contributed by atoms with Gasteiger partial charge in [0.15, 0.2) is 0 Å². The van der Waals surface area contributed by atoms with E-state index in [9.17, 15) is 0 Å². The monoisotopic (exact) mass is 343 g/mol. The van der Waals surface area contributed by atoms with E-state index in [-0.39, 0.29) is 0 Å². The molecular formula is C23H25NSi. The van der Waals surface area contributed by atoms with Crippen LogP contribution in [0.4, 0.5) is 5.69 Å². The Morgan fingerprint density at radius 2 is 1.52 bits per heavy atom. The van der Waals surface area contributed by atoms with Crippen molar-refractivity contribution in [2.45, 2.75) is 43.6 Å². The van der Waals surface area contributed by atoms with Gasteiger partial charge in [0.05, 0.1) is 6.04 Å². The van der Waals surface area contributed by atoms with Crippen molar-refractivity contribution in [3.05, 3.63) is 84.0 Å². The molecular weight excluding hydrogens is 318 g/mol. The summed E-state index contributed by atoms with van der Waals surface area (Å²) >= 11 is 0. The van der Waals surface area contributed by atoms with E-state index < -0.39 is 8.07 Å². The minimum absolute atomic E-state index is 0.514. The van der Waals surface area contributed by atoms with Gasteiger partial charge in [-0.25, -0.2) is 0 Å². The second-order valence-electron chi connectivity index (χ2n) is 8.08. The summed E-state index contributed by atoms with van der Waals surface area (Å²) in [5, 5.41) is 1.68. The van der Waals surface area contributed by atoms with E-state index in [4.69, 9.17) is 0 Å². The lowest BCUT2D eigenvalue weighted by Gasteiger charge is -2.52. The molecule has 1 aliphatic carbocycles. The molecule has 0 fully saturated rings. The highest BCUT2D eigenvalue weighted by atomic mass is 28.3. The standard InChI is InChI=1S/C23H25NSi/c1-17(2)24-20-11-5-7-13-22(20)25(23-14-8-6-12-21(23)24)15-18-9-3-4-10-19(18)16-25/h3-14,17,20,22H,15-16H2,1-2H3. The Bertz CT molecular complexity index is 854. The van der Waals surface area contributed by atoms with Gasteiger partial charge in [-0.15, -0.1) is 0 Å². The van der Waals surface area contributed by atoms with Gasteiger partial charge in [-0.05, 0) is 48.3 Å². The molecule has 3 aliphatic rings. The third-order valence-corrected chi connectivity index (χ3v) is 11.8. The Morgan fingerprint density at radius 1 is 0.880 bits per heavy atom. The van der Waals surface area contributed by atoms with E-state index in [2.05, 4.69) is 91.6 Å². The van der Waals surface area contributed by atoms with Crippen molar-refractivity contribution >= 4 is 18.9 Å². The number of fused-ring (bicyclic) bond motifs is 5. The van der Waals surface area contributed by atoms with Gasteiger partial charge in [-0.3, -0.25) is 0 Å². The highest BCUT2D eigenvalue weighted by Gasteiger charge is 2.54. The molecule has 0 saturated heterocycles. The smallest absolute Gasteiger partial charge is 0.107 e. The molecule has 2 atom stereocenters. The van der Waals surface area contributed by atoms with Crippen LogP contribution in [0.1, 0.15) is 25.0 Å². The number of hydrogen-bond donors (Lipinski definition) is 0. The molecule has 2 aromatic rings. The molecule has 1 nitrogen and oxygen atoms in total. The molecule has 126 valence electrons. The van der Waals surface area contributed by atoms with Crippen LogP contribution in [0.5, 0.6) is 0 Å². The van der Waals surface area contributed by atoms with E-state index in [0.717, 1.165) is 0 Å². The summed E-state index contributed by atoms with van der Waals surface area (Å²) in [6.45, 7) is 4.67. The fraction of sp³-hybridized carbons (Fsp3) is 0.304. The third-order valence-electron chi connectivity index (χ3n) is 6.47. The second-order valence-corrected chi connectivity index (χ2v) is 12.3. The molecule has 0 radical (unpaired) electrons. The molecule has 2 aliphatic heterocycles. The zero-order valence-corrected chi connectivity index (χ0v) is 16.0. The Balaban J connectivity index is 1.75. The van der Waals surface area contributed by atoms with E-state index in [1.807, 2.05) is 0 Å². The lowest BCUT2D eigenvalue weighted by Crippen LogP contribution is -2.65. The van der Waals surface area contributed by atoms with Gasteiger partial charge in [0.1, 0.15) is 8.07 Å². The summed E-state index contributed by atoms with van der Waals surface area (Å²) in [4.78, 5) is 2.67. The van der Waals surface area contributed by atoms with Gasteiger partial charge in [-0.1, -0.05) is 66.8 Å². The number of hydrogen-bond acceptors (Lipinski definition) is 1. The highest BCUT2D eigenvalue weighted by Crippen LogP contribution is 2.47. The van der Waals surface area contributed by atoms with Crippen molar-refractivity contribution < 1.29 is 0 Å². The van der Waals surface area contributed by atoms with Crippen LogP contribution in [0.25, 0.3) is 0 Å². The average molecular weight is 344 g/mol. The molecule has 0 bridgehead atoms. The van der Waals surface area contributed by atoms with Crippen LogP contribution in [0.15, 0.2) is 72.8 Å². The minimum atomic E-state index is -1.67. The molecule has 0 amide bonds. The lowest BCUT2D eigenvalue weighted by molar-refractivity contribution is 0.596. The maximum absolute atomic E-state index is 2.67. The molecule has 0 saturated carbocycles. The van der Waals surface area contributed by atoms with Crippen LogP contribution in [0.3, 0.4) is 0 Å². The van der Waals surface area contributed by atoms with Gasteiger partial charge in [0.25, 0.3) is 0 Å². The van der Waals surface area contributed by atoms with Crippen LogP contribution >= 0.6 is 0 Å². The predicted molar refractivity (Wildman–Crippen MR) is 109 cm³/mol. The number of allylic oxidation sites excluding steroid dienone is 2. The number of anilines is 1. The second kappa shape index (κ2) is 5.47. The van der Waals surface area contributed by atoms with Gasteiger partial charge < -0.3 is 4.90 Å². The van der Waals surface area contributed by atoms with Crippen LogP contribution in [-0.4, -0.2) is 20.2 Å². The molecule has 2 unspecified atom stereocenters. The van der Waals surface area contributed by atoms with Crippen molar-refractivity contribution in [1.29, 1.82) is 0 Å². The zero-order valence-electron chi connectivity index (χ0n) is 15.0. The molecule has 0 N–H and O–H groups in total. The van der Waals surface area contributed by atoms with Crippen LogP contribution in [0.2, 0.25) is 5.54 Å². The Kier molecular flexibility index (Phi) is 3.33. The van der Waals surface area contributed by atoms with Gasteiger partial charge >= 0.3 is 0 Å². The summed E-state index contributed by atoms with van der Waals surface area (Å²) in [5.41, 5.74) is 5.37. The molecule has 0 aromatic heterocycles. The number of benzene rings is 2. The number of nitrogens with zero attached hydrogens (tertiary/aromatic N) is 1. The Morgan fingerprint density at radius 3 is 2.24 bits per heavy atom. The van der Waals surface area contributed by atoms with Crippen LogP contribution in [0, 0.1) is 0 Å². The highest BCUT2D eigenvalue weighted by molar-refractivity contribution is 6.94. The first kappa shape index (κ1) is 15.2. The van der Waals surface area contributed by atoms with E-state index in [1.165, 1.54) is 17.8 Å². The molecule has 2 heterocycles. The van der Waals surface area contributed by atoms with Crippen molar-refractivity contribution in [1.82, 2.24) is 0 Å². The van der Waals surface area contributed by atoms with Gasteiger partial charge in [-0.2, -0.15) is 0 Å². The quantitative estimate of drug-likeness (QED) is 0.697. The van der Waals surface area contributed by atoms with Crippen molar-refractivity contribution in [2.24, 2.45) is 0 Å². The molecule has 1 spiro atoms. The minimum Gasteiger partial charge on any atom is -0.362 e. The van der Waals surface area contributed by atoms with E-state index >= 15 is 0 Å². The summed E-state index contributed by atoms with van der Waals surface area (Å²) in [6, 6.07) is 22.1. The van der Waals surface area contributed by atoms with Crippen molar-refractivity contribution in [3.63, 3.8) is 0 Å². The Labute approximate surface area is 151 Å². The maximum Gasteiger partial charge on any atom is 0.107 e. The fourth-order valence-corrected chi connectivity index (χ4v) is 11.5. The summed E-state index contributed by atoms with van der Waals surface area (Å²) < 4.78 is 0. The normalized spacial score (nSPS) is 25.2. The summed E-state index contributed by atoms with van der Waals surface area (Å²) in [7, 11) is -1.67. The molecule has 25 heavy (non-hydrogen) atoms. The maximum atomic E-state index is 2.67. The summed E-state index contributed by atoms with van der Waals surface area (Å²) in [6.07, 6.45) is 9.55. The van der Waals surface area contributed by atoms with Crippen LogP contribution < -0.4 is 10.1 Å². The first-order valence-corrected chi connectivity index (χ1v) is 12.0. The number of para-hydroxylation sites is 1. The van der Waals surface area contributed by atoms with Gasteiger partial charge in [0.2, 0.25) is 0 Å². The van der Waals surface area contributed by atoms with Crippen molar-refractivity contribution in [3.8, 4) is 0 Å². The van der Waals surface area contributed by atoms with Crippen molar-refractivity contribution in [2.75, 3.05) is 4.90 Å². The Hall–Kier alpha value is -2.06. The fourth-order valence-electron chi connectivity index (χ4n) is 5.53. The molecule has 2 aromatic carbocycles. The van der Waals surface area contributed by atoms with Gasteiger partial charge in [0, 0.05) is 17.3 Å². The zero-order chi connectivity index (χ0) is 17.0. The van der Waals surface area contributed by atoms with Crippen LogP contribution in [-0.2, 0) is 12.1 Å². The third kappa shape index (κ3) is 2.07. The lowest BCUT2D eigenvalue weighted by atomic mass is 10.0. The summed E-state index contributed by atoms with van der Waals surface area (Å²) in [5.74, 6) is 0. The first-order chi connectivity index (χ1) is 12.2. The topological polar surface area (TPSA) is 3.24 Å². The van der Waals surface area contributed by atoms with E-state index in [0.29, 0.717) is 17.6 Å². The predicted octanol–water partition coefficient (Wildman–Crippen LogP) is 4.31. The number of rotatable bonds is 1. The largest absolute Gasteiger partial charge is 0.362 e. The molecule has 2 heteroatoms. The van der Waals surface area contributed by atoms with E-state index in [1.54, 1.807) is 16.3 Å². The first-order valence-electron chi connectivity index (χ1n) is 9.50. The SMILES string of the molecule is CC(C)N1c2ccccc2[Si]2(Cc3ccccc3C2)C2C=CC=CC21. The average Bonchev–Trinajstić information content (AvgIpc) is 3.02.